The Morgan fingerprint density at radius 1 is 1.03 bits per heavy atom. The number of para-hydroxylation sites is 1. The van der Waals surface area contributed by atoms with Gasteiger partial charge in [-0.2, -0.15) is 5.10 Å². The predicted molar refractivity (Wildman–Crippen MR) is 116 cm³/mol. The van der Waals surface area contributed by atoms with Crippen LogP contribution in [0.3, 0.4) is 0 Å². The number of carboxylic acids is 1. The monoisotopic (exact) mass is 426 g/mol. The highest BCUT2D eigenvalue weighted by Crippen LogP contribution is 2.40. The van der Waals surface area contributed by atoms with Gasteiger partial charge in [0, 0.05) is 11.1 Å². The Morgan fingerprint density at radius 2 is 1.77 bits per heavy atom. The summed E-state index contributed by atoms with van der Waals surface area (Å²) in [6.45, 7) is 2.15. The summed E-state index contributed by atoms with van der Waals surface area (Å²) in [5.41, 5.74) is 2.61. The van der Waals surface area contributed by atoms with Crippen LogP contribution in [0.25, 0.3) is 22.5 Å². The summed E-state index contributed by atoms with van der Waals surface area (Å²) in [7, 11) is 4.64. The van der Waals surface area contributed by atoms with Gasteiger partial charge in [-0.05, 0) is 42.8 Å². The van der Waals surface area contributed by atoms with Crippen molar-refractivity contribution >= 4 is 5.97 Å². The van der Waals surface area contributed by atoms with Crippen LogP contribution in [0, 0.1) is 0 Å². The van der Waals surface area contributed by atoms with Crippen molar-refractivity contribution in [3.63, 3.8) is 0 Å². The maximum Gasteiger partial charge on any atom is 0.335 e. The van der Waals surface area contributed by atoms with Gasteiger partial charge in [0.1, 0.15) is 5.75 Å². The number of aliphatic hydroxyl groups excluding tert-OH is 1. The van der Waals surface area contributed by atoms with Gasteiger partial charge in [0.2, 0.25) is 0 Å². The molecular formula is C23H26N2O6. The number of hydrogen-bond donors (Lipinski definition) is 2. The predicted octanol–water partition coefficient (Wildman–Crippen LogP) is 3.71. The second kappa shape index (κ2) is 9.53. The van der Waals surface area contributed by atoms with Crippen molar-refractivity contribution in [2.45, 2.75) is 26.0 Å². The minimum Gasteiger partial charge on any atom is -0.496 e. The number of ether oxygens (including phenoxy) is 3. The van der Waals surface area contributed by atoms with Crippen molar-refractivity contribution in [1.82, 2.24) is 9.78 Å². The molecule has 2 N–H and O–H groups in total. The third-order valence-corrected chi connectivity index (χ3v) is 5.04. The number of carbonyl (C=O) groups is 1. The molecule has 0 radical (unpaired) electrons. The Labute approximate surface area is 180 Å². The normalized spacial score (nSPS) is 11.8. The lowest BCUT2D eigenvalue weighted by Gasteiger charge is -2.15. The first-order valence-electron chi connectivity index (χ1n) is 9.82. The van der Waals surface area contributed by atoms with E-state index in [-0.39, 0.29) is 12.1 Å². The second-order valence-corrected chi connectivity index (χ2v) is 6.92. The lowest BCUT2D eigenvalue weighted by molar-refractivity contribution is 0.0697. The molecule has 0 saturated carbocycles. The number of carboxylic acid groups (broad SMARTS) is 1. The Morgan fingerprint density at radius 3 is 2.39 bits per heavy atom. The molecule has 0 spiro atoms. The number of aromatic nitrogens is 2. The first kappa shape index (κ1) is 22.2. The number of benzene rings is 2. The molecule has 2 aromatic carbocycles. The van der Waals surface area contributed by atoms with E-state index in [2.05, 4.69) is 5.10 Å². The van der Waals surface area contributed by atoms with Crippen LogP contribution < -0.4 is 14.2 Å². The fourth-order valence-corrected chi connectivity index (χ4v) is 3.36. The average molecular weight is 426 g/mol. The van der Waals surface area contributed by atoms with E-state index in [4.69, 9.17) is 14.2 Å². The SMILES string of the molecule is CC[C@H](O)Cn1nc(-c2cc(C(=O)O)ccc2OC)cc1-c1cccc(OC)c1OC. The van der Waals surface area contributed by atoms with E-state index in [1.165, 1.54) is 19.2 Å². The maximum absolute atomic E-state index is 11.5. The molecule has 8 nitrogen and oxygen atoms in total. The fourth-order valence-electron chi connectivity index (χ4n) is 3.36. The summed E-state index contributed by atoms with van der Waals surface area (Å²) in [6, 6.07) is 11.9. The zero-order valence-electron chi connectivity index (χ0n) is 18.0. The number of rotatable bonds is 9. The number of aromatic carboxylic acids is 1. The van der Waals surface area contributed by atoms with E-state index in [0.29, 0.717) is 40.6 Å². The molecule has 0 aliphatic heterocycles. The zero-order valence-corrected chi connectivity index (χ0v) is 18.0. The molecule has 8 heteroatoms. The van der Waals surface area contributed by atoms with E-state index in [1.807, 2.05) is 25.1 Å². The third-order valence-electron chi connectivity index (χ3n) is 5.04. The molecule has 3 rings (SSSR count). The quantitative estimate of drug-likeness (QED) is 0.538. The van der Waals surface area contributed by atoms with Gasteiger partial charge in [0.25, 0.3) is 0 Å². The van der Waals surface area contributed by atoms with Crippen molar-refractivity contribution in [3.8, 4) is 39.8 Å². The molecule has 0 saturated heterocycles. The molecule has 0 bridgehead atoms. The molecule has 1 aromatic heterocycles. The molecule has 0 fully saturated rings. The lowest BCUT2D eigenvalue weighted by atomic mass is 10.0. The van der Waals surface area contributed by atoms with Crippen LogP contribution in [0.4, 0.5) is 0 Å². The summed E-state index contributed by atoms with van der Waals surface area (Å²) in [5, 5.41) is 24.4. The molecule has 0 amide bonds. The van der Waals surface area contributed by atoms with Gasteiger partial charge in [-0.3, -0.25) is 4.68 Å². The van der Waals surface area contributed by atoms with Crippen molar-refractivity contribution < 1.29 is 29.2 Å². The van der Waals surface area contributed by atoms with Gasteiger partial charge in [-0.1, -0.05) is 13.0 Å². The largest absolute Gasteiger partial charge is 0.496 e. The molecule has 0 unspecified atom stereocenters. The number of methoxy groups -OCH3 is 3. The molecular weight excluding hydrogens is 400 g/mol. The molecule has 0 aliphatic carbocycles. The highest BCUT2D eigenvalue weighted by molar-refractivity contribution is 5.90. The van der Waals surface area contributed by atoms with E-state index in [1.54, 1.807) is 31.0 Å². The van der Waals surface area contributed by atoms with Crippen LogP contribution in [0.2, 0.25) is 0 Å². The molecule has 0 aliphatic rings. The standard InChI is InChI=1S/C23H26N2O6/c1-5-15(26)13-25-19(16-7-6-8-21(30-3)22(16)31-4)12-18(24-25)17-11-14(23(27)28)9-10-20(17)29-2/h6-12,15,26H,5,13H2,1-4H3,(H,27,28)/t15-/m0/s1. The second-order valence-electron chi connectivity index (χ2n) is 6.92. The zero-order chi connectivity index (χ0) is 22.5. The third kappa shape index (κ3) is 4.49. The first-order chi connectivity index (χ1) is 14.9. The van der Waals surface area contributed by atoms with Crippen molar-refractivity contribution in [2.75, 3.05) is 21.3 Å². The van der Waals surface area contributed by atoms with Crippen LogP contribution in [-0.4, -0.2) is 53.4 Å². The molecule has 1 atom stereocenters. The van der Waals surface area contributed by atoms with E-state index in [0.717, 1.165) is 5.56 Å². The van der Waals surface area contributed by atoms with Crippen LogP contribution in [0.5, 0.6) is 17.2 Å². The minimum atomic E-state index is -1.04. The first-order valence-corrected chi connectivity index (χ1v) is 9.82. The Balaban J connectivity index is 2.23. The van der Waals surface area contributed by atoms with Crippen LogP contribution in [-0.2, 0) is 6.54 Å². The van der Waals surface area contributed by atoms with E-state index in [9.17, 15) is 15.0 Å². The lowest BCUT2D eigenvalue weighted by Crippen LogP contribution is -2.16. The van der Waals surface area contributed by atoms with E-state index < -0.39 is 12.1 Å². The maximum atomic E-state index is 11.5. The topological polar surface area (TPSA) is 103 Å². The summed E-state index contributed by atoms with van der Waals surface area (Å²) < 4.78 is 18.1. The number of hydrogen-bond acceptors (Lipinski definition) is 6. The molecule has 3 aromatic rings. The summed E-state index contributed by atoms with van der Waals surface area (Å²) in [4.78, 5) is 11.5. The van der Waals surface area contributed by atoms with Gasteiger partial charge < -0.3 is 24.4 Å². The van der Waals surface area contributed by atoms with Gasteiger partial charge in [0.15, 0.2) is 11.5 Å². The minimum absolute atomic E-state index is 0.124. The fraction of sp³-hybridized carbons (Fsp3) is 0.304. The van der Waals surface area contributed by atoms with Crippen LogP contribution in [0.15, 0.2) is 42.5 Å². The van der Waals surface area contributed by atoms with Crippen LogP contribution in [0.1, 0.15) is 23.7 Å². The van der Waals surface area contributed by atoms with Gasteiger partial charge in [0.05, 0.1) is 50.9 Å². The molecule has 1 heterocycles. The van der Waals surface area contributed by atoms with E-state index >= 15 is 0 Å². The summed E-state index contributed by atoms with van der Waals surface area (Å²) >= 11 is 0. The Hall–Kier alpha value is -3.52. The number of aliphatic hydroxyl groups is 1. The number of nitrogens with zero attached hydrogens (tertiary/aromatic N) is 2. The highest BCUT2D eigenvalue weighted by atomic mass is 16.5. The smallest absolute Gasteiger partial charge is 0.335 e. The molecule has 164 valence electrons. The Bertz CT molecular complexity index is 1080. The van der Waals surface area contributed by atoms with Crippen molar-refractivity contribution in [3.05, 3.63) is 48.0 Å². The van der Waals surface area contributed by atoms with Crippen molar-refractivity contribution in [2.24, 2.45) is 0 Å². The summed E-state index contributed by atoms with van der Waals surface area (Å²) in [5.74, 6) is 0.556. The van der Waals surface area contributed by atoms with Gasteiger partial charge in [-0.25, -0.2) is 4.79 Å². The Kier molecular flexibility index (Phi) is 6.81. The summed E-state index contributed by atoms with van der Waals surface area (Å²) in [6.07, 6.45) is -0.0443. The molecule has 31 heavy (non-hydrogen) atoms. The van der Waals surface area contributed by atoms with Crippen molar-refractivity contribution in [1.29, 1.82) is 0 Å². The average Bonchev–Trinajstić information content (AvgIpc) is 3.20. The van der Waals surface area contributed by atoms with Crippen LogP contribution >= 0.6 is 0 Å². The van der Waals surface area contributed by atoms with Gasteiger partial charge >= 0.3 is 5.97 Å². The highest BCUT2D eigenvalue weighted by Gasteiger charge is 2.21. The van der Waals surface area contributed by atoms with Gasteiger partial charge in [-0.15, -0.1) is 0 Å².